The van der Waals surface area contributed by atoms with Crippen molar-refractivity contribution in [1.82, 2.24) is 15.1 Å². The molecule has 126 valence electrons. The molecule has 1 amide bonds. The highest BCUT2D eigenvalue weighted by atomic mass is 19.1. The standard InChI is InChI=1S/C18H19F2N3O/c1-2-3-7-18(24)22-16-5-4-6-17-15(16)11-21-23(17)14-9-12(19)8-13(20)10-14/h2,8-11,16H,1,3-7H2,(H,22,24)/t16-/m0/s1. The Balaban J connectivity index is 1.87. The summed E-state index contributed by atoms with van der Waals surface area (Å²) in [5.41, 5.74) is 2.16. The lowest BCUT2D eigenvalue weighted by Gasteiger charge is -2.24. The van der Waals surface area contributed by atoms with Crippen LogP contribution in [0.4, 0.5) is 8.78 Å². The molecule has 0 radical (unpaired) electrons. The Morgan fingerprint density at radius 1 is 1.38 bits per heavy atom. The summed E-state index contributed by atoms with van der Waals surface area (Å²) >= 11 is 0. The summed E-state index contributed by atoms with van der Waals surface area (Å²) in [7, 11) is 0. The van der Waals surface area contributed by atoms with Crippen molar-refractivity contribution >= 4 is 5.91 Å². The van der Waals surface area contributed by atoms with Crippen LogP contribution in [0.3, 0.4) is 0 Å². The number of fused-ring (bicyclic) bond motifs is 1. The zero-order chi connectivity index (χ0) is 17.1. The van der Waals surface area contributed by atoms with Gasteiger partial charge in [0, 0.05) is 23.7 Å². The SMILES string of the molecule is C=CCCC(=O)N[C@H]1CCCc2c1cnn2-c1cc(F)cc(F)c1. The minimum atomic E-state index is -0.640. The van der Waals surface area contributed by atoms with Crippen LogP contribution in [0, 0.1) is 11.6 Å². The van der Waals surface area contributed by atoms with Gasteiger partial charge in [0.2, 0.25) is 5.91 Å². The average Bonchev–Trinajstić information content (AvgIpc) is 2.97. The van der Waals surface area contributed by atoms with Crippen molar-refractivity contribution in [2.24, 2.45) is 0 Å². The molecule has 0 fully saturated rings. The number of benzene rings is 1. The molecule has 1 aliphatic carbocycles. The summed E-state index contributed by atoms with van der Waals surface area (Å²) in [5, 5.41) is 7.30. The molecule has 0 unspecified atom stereocenters. The number of nitrogens with one attached hydrogen (secondary N) is 1. The minimum Gasteiger partial charge on any atom is -0.349 e. The van der Waals surface area contributed by atoms with E-state index >= 15 is 0 Å². The first-order chi connectivity index (χ1) is 11.6. The molecule has 0 aliphatic heterocycles. The zero-order valence-corrected chi connectivity index (χ0v) is 13.3. The second-order valence-electron chi connectivity index (χ2n) is 5.93. The molecule has 0 spiro atoms. The van der Waals surface area contributed by atoms with Gasteiger partial charge in [-0.15, -0.1) is 6.58 Å². The number of hydrogen-bond donors (Lipinski definition) is 1. The maximum atomic E-state index is 13.5. The van der Waals surface area contributed by atoms with Crippen LogP contribution < -0.4 is 5.32 Å². The highest BCUT2D eigenvalue weighted by molar-refractivity contribution is 5.76. The van der Waals surface area contributed by atoms with Gasteiger partial charge in [0.15, 0.2) is 0 Å². The monoisotopic (exact) mass is 331 g/mol. The number of carbonyl (C=O) groups is 1. The molecule has 1 N–H and O–H groups in total. The molecule has 1 aromatic carbocycles. The molecule has 1 heterocycles. The second kappa shape index (κ2) is 6.95. The Bertz CT molecular complexity index is 749. The number of rotatable bonds is 5. The number of carbonyl (C=O) groups excluding carboxylic acids is 1. The fourth-order valence-electron chi connectivity index (χ4n) is 3.09. The van der Waals surface area contributed by atoms with Crippen LogP contribution in [0.15, 0.2) is 37.1 Å². The molecule has 1 atom stereocenters. The van der Waals surface area contributed by atoms with Crippen molar-refractivity contribution in [3.63, 3.8) is 0 Å². The zero-order valence-electron chi connectivity index (χ0n) is 13.3. The normalized spacial score (nSPS) is 16.5. The van der Waals surface area contributed by atoms with Crippen molar-refractivity contribution in [2.45, 2.75) is 38.1 Å². The van der Waals surface area contributed by atoms with E-state index < -0.39 is 11.6 Å². The molecular formula is C18H19F2N3O. The molecule has 0 saturated heterocycles. The van der Waals surface area contributed by atoms with Crippen LogP contribution in [0.1, 0.15) is 43.0 Å². The van der Waals surface area contributed by atoms with Crippen molar-refractivity contribution in [2.75, 3.05) is 0 Å². The van der Waals surface area contributed by atoms with Gasteiger partial charge in [-0.1, -0.05) is 6.08 Å². The molecule has 24 heavy (non-hydrogen) atoms. The predicted octanol–water partition coefficient (Wildman–Crippen LogP) is 3.61. The third-order valence-electron chi connectivity index (χ3n) is 4.19. The number of halogens is 2. The maximum Gasteiger partial charge on any atom is 0.220 e. The Labute approximate surface area is 139 Å². The minimum absolute atomic E-state index is 0.0303. The predicted molar refractivity (Wildman–Crippen MR) is 86.7 cm³/mol. The first-order valence-corrected chi connectivity index (χ1v) is 8.02. The molecule has 1 aliphatic rings. The molecule has 0 bridgehead atoms. The molecule has 2 aromatic rings. The van der Waals surface area contributed by atoms with E-state index in [0.29, 0.717) is 18.5 Å². The molecule has 6 heteroatoms. The Morgan fingerprint density at radius 2 is 2.12 bits per heavy atom. The topological polar surface area (TPSA) is 46.9 Å². The van der Waals surface area contributed by atoms with Crippen molar-refractivity contribution in [3.8, 4) is 5.69 Å². The van der Waals surface area contributed by atoms with E-state index in [1.165, 1.54) is 12.1 Å². The number of nitrogens with zero attached hydrogens (tertiary/aromatic N) is 2. The number of hydrogen-bond acceptors (Lipinski definition) is 2. The first kappa shape index (κ1) is 16.4. The van der Waals surface area contributed by atoms with Crippen LogP contribution in [-0.4, -0.2) is 15.7 Å². The van der Waals surface area contributed by atoms with Gasteiger partial charge >= 0.3 is 0 Å². The Kier molecular flexibility index (Phi) is 4.74. The van der Waals surface area contributed by atoms with Crippen LogP contribution >= 0.6 is 0 Å². The van der Waals surface area contributed by atoms with Crippen LogP contribution in [0.5, 0.6) is 0 Å². The summed E-state index contributed by atoms with van der Waals surface area (Å²) in [6.07, 6.45) is 6.88. The summed E-state index contributed by atoms with van der Waals surface area (Å²) in [4.78, 5) is 12.0. The van der Waals surface area contributed by atoms with E-state index in [-0.39, 0.29) is 11.9 Å². The number of amides is 1. The van der Waals surface area contributed by atoms with Crippen molar-refractivity contribution < 1.29 is 13.6 Å². The van der Waals surface area contributed by atoms with Crippen LogP contribution in [0.25, 0.3) is 5.69 Å². The molecule has 0 saturated carbocycles. The van der Waals surface area contributed by atoms with E-state index in [0.717, 1.165) is 36.6 Å². The number of aromatic nitrogens is 2. The molecule has 3 rings (SSSR count). The fraction of sp³-hybridized carbons (Fsp3) is 0.333. The van der Waals surface area contributed by atoms with Gasteiger partial charge in [-0.2, -0.15) is 5.10 Å². The summed E-state index contributed by atoms with van der Waals surface area (Å²) in [6.45, 7) is 3.61. The van der Waals surface area contributed by atoms with Gasteiger partial charge in [0.1, 0.15) is 11.6 Å². The van der Waals surface area contributed by atoms with Gasteiger partial charge in [-0.05, 0) is 37.8 Å². The van der Waals surface area contributed by atoms with Gasteiger partial charge in [0.05, 0.1) is 17.9 Å². The van der Waals surface area contributed by atoms with Gasteiger partial charge in [-0.25, -0.2) is 13.5 Å². The highest BCUT2D eigenvalue weighted by Gasteiger charge is 2.26. The third kappa shape index (κ3) is 3.37. The largest absolute Gasteiger partial charge is 0.349 e. The van der Waals surface area contributed by atoms with E-state index in [9.17, 15) is 13.6 Å². The molecule has 4 nitrogen and oxygen atoms in total. The first-order valence-electron chi connectivity index (χ1n) is 8.02. The summed E-state index contributed by atoms with van der Waals surface area (Å²) in [6, 6.07) is 3.23. The summed E-state index contributed by atoms with van der Waals surface area (Å²) < 4.78 is 28.5. The van der Waals surface area contributed by atoms with E-state index in [2.05, 4.69) is 17.0 Å². The smallest absolute Gasteiger partial charge is 0.220 e. The van der Waals surface area contributed by atoms with E-state index in [1.54, 1.807) is 17.0 Å². The quantitative estimate of drug-likeness (QED) is 0.851. The second-order valence-corrected chi connectivity index (χ2v) is 5.93. The third-order valence-corrected chi connectivity index (χ3v) is 4.19. The molecule has 1 aromatic heterocycles. The van der Waals surface area contributed by atoms with Gasteiger partial charge < -0.3 is 5.32 Å². The van der Waals surface area contributed by atoms with E-state index in [1.807, 2.05) is 0 Å². The number of allylic oxidation sites excluding steroid dienone is 1. The lowest BCUT2D eigenvalue weighted by molar-refractivity contribution is -0.121. The Morgan fingerprint density at radius 3 is 2.83 bits per heavy atom. The lowest BCUT2D eigenvalue weighted by Crippen LogP contribution is -2.30. The van der Waals surface area contributed by atoms with E-state index in [4.69, 9.17) is 0 Å². The molecular weight excluding hydrogens is 312 g/mol. The summed E-state index contributed by atoms with van der Waals surface area (Å²) in [5.74, 6) is -1.31. The highest BCUT2D eigenvalue weighted by Crippen LogP contribution is 2.31. The lowest BCUT2D eigenvalue weighted by atomic mass is 9.92. The van der Waals surface area contributed by atoms with Crippen LogP contribution in [-0.2, 0) is 11.2 Å². The average molecular weight is 331 g/mol. The maximum absolute atomic E-state index is 13.5. The fourth-order valence-corrected chi connectivity index (χ4v) is 3.09. The van der Waals surface area contributed by atoms with Gasteiger partial charge in [-0.3, -0.25) is 4.79 Å². The van der Waals surface area contributed by atoms with Gasteiger partial charge in [0.25, 0.3) is 0 Å². The Hall–Kier alpha value is -2.50. The van der Waals surface area contributed by atoms with Crippen molar-refractivity contribution in [3.05, 3.63) is 59.9 Å². The van der Waals surface area contributed by atoms with Crippen LogP contribution in [0.2, 0.25) is 0 Å². The van der Waals surface area contributed by atoms with Crippen molar-refractivity contribution in [1.29, 1.82) is 0 Å².